The number of rotatable bonds is 4. The molecule has 0 aliphatic heterocycles. The minimum Gasteiger partial charge on any atom is -0.481 e. The Balaban J connectivity index is 2.82. The lowest BCUT2D eigenvalue weighted by Crippen LogP contribution is -2.58. The van der Waals surface area contributed by atoms with Crippen molar-refractivity contribution in [1.82, 2.24) is 4.72 Å². The van der Waals surface area contributed by atoms with Crippen LogP contribution in [0.2, 0.25) is 0 Å². The molecule has 0 aromatic carbocycles. The van der Waals surface area contributed by atoms with Crippen LogP contribution in [-0.2, 0) is 14.8 Å². The smallest absolute Gasteiger partial charge is 0.305 e. The van der Waals surface area contributed by atoms with Gasteiger partial charge in [-0.1, -0.05) is 0 Å². The summed E-state index contributed by atoms with van der Waals surface area (Å²) in [6, 6.07) is 0. The van der Waals surface area contributed by atoms with E-state index in [1.165, 1.54) is 0 Å². The van der Waals surface area contributed by atoms with Gasteiger partial charge >= 0.3 is 5.97 Å². The molecule has 1 saturated carbocycles. The molecule has 1 aliphatic rings. The van der Waals surface area contributed by atoms with Gasteiger partial charge in [0.1, 0.15) is 0 Å². The van der Waals surface area contributed by atoms with Crippen LogP contribution >= 0.6 is 0 Å². The van der Waals surface area contributed by atoms with E-state index in [2.05, 4.69) is 4.72 Å². The minimum atomic E-state index is -3.48. The summed E-state index contributed by atoms with van der Waals surface area (Å²) in [5.74, 6) is -0.962. The highest BCUT2D eigenvalue weighted by atomic mass is 32.2. The van der Waals surface area contributed by atoms with Crippen LogP contribution < -0.4 is 4.72 Å². The molecule has 1 rings (SSSR count). The number of carboxylic acids is 1. The lowest BCUT2D eigenvalue weighted by molar-refractivity contribution is -0.139. The highest BCUT2D eigenvalue weighted by molar-refractivity contribution is 7.90. The van der Waals surface area contributed by atoms with E-state index >= 15 is 0 Å². The molecule has 94 valence electrons. The summed E-state index contributed by atoms with van der Waals surface area (Å²) in [5.41, 5.74) is -0.752. The van der Waals surface area contributed by atoms with E-state index < -0.39 is 26.3 Å². The van der Waals surface area contributed by atoms with Crippen molar-refractivity contribution in [2.24, 2.45) is 0 Å². The lowest BCUT2D eigenvalue weighted by atomic mass is 9.75. The molecule has 0 amide bonds. The van der Waals surface area contributed by atoms with Gasteiger partial charge in [0.2, 0.25) is 10.0 Å². The van der Waals surface area contributed by atoms with E-state index in [1.807, 2.05) is 0 Å². The molecule has 1 fully saturated rings. The second-order valence-corrected chi connectivity index (χ2v) is 7.86. The predicted molar refractivity (Wildman–Crippen MR) is 60.6 cm³/mol. The van der Waals surface area contributed by atoms with Gasteiger partial charge in [-0.15, -0.1) is 0 Å². The average Bonchev–Trinajstić information content (AvgIpc) is 1.96. The van der Waals surface area contributed by atoms with E-state index in [4.69, 9.17) is 5.11 Å². The summed E-state index contributed by atoms with van der Waals surface area (Å²) in [6.45, 7) is 4.80. The summed E-state index contributed by atoms with van der Waals surface area (Å²) >= 11 is 0. The van der Waals surface area contributed by atoms with Crippen LogP contribution in [0.4, 0.5) is 0 Å². The molecule has 0 spiro atoms. The SMILES string of the molecule is CC(C)(C)S(=O)(=O)NC1(CC(=O)O)CCC1. The summed E-state index contributed by atoms with van der Waals surface area (Å²) in [4.78, 5) is 10.7. The first kappa shape index (κ1) is 13.4. The fraction of sp³-hybridized carbons (Fsp3) is 0.900. The van der Waals surface area contributed by atoms with Gasteiger partial charge in [-0.2, -0.15) is 0 Å². The van der Waals surface area contributed by atoms with Gasteiger partial charge < -0.3 is 5.11 Å². The van der Waals surface area contributed by atoms with Crippen molar-refractivity contribution in [3.05, 3.63) is 0 Å². The molecule has 0 saturated heterocycles. The Bertz CT molecular complexity index is 376. The molecule has 6 heteroatoms. The van der Waals surface area contributed by atoms with Crippen molar-refractivity contribution in [2.45, 2.75) is 56.7 Å². The van der Waals surface area contributed by atoms with E-state index in [0.717, 1.165) is 6.42 Å². The van der Waals surface area contributed by atoms with Crippen LogP contribution in [0.3, 0.4) is 0 Å². The third-order valence-corrected chi connectivity index (χ3v) is 5.27. The van der Waals surface area contributed by atoms with Gasteiger partial charge in [-0.25, -0.2) is 13.1 Å². The van der Waals surface area contributed by atoms with Crippen molar-refractivity contribution in [3.63, 3.8) is 0 Å². The molecule has 0 unspecified atom stereocenters. The van der Waals surface area contributed by atoms with Gasteiger partial charge in [0.05, 0.1) is 11.2 Å². The second kappa shape index (κ2) is 4.00. The first-order valence-electron chi connectivity index (χ1n) is 5.33. The van der Waals surface area contributed by atoms with Crippen LogP contribution in [-0.4, -0.2) is 29.8 Å². The standard InChI is InChI=1S/C10H19NO4S/c1-9(2,3)16(14,15)11-10(5-4-6-10)7-8(12)13/h11H,4-7H2,1-3H3,(H,12,13). The van der Waals surface area contributed by atoms with Gasteiger partial charge in [-0.05, 0) is 40.0 Å². The number of sulfonamides is 1. The summed E-state index contributed by atoms with van der Waals surface area (Å²) < 4.78 is 25.5. The maximum absolute atomic E-state index is 11.9. The Morgan fingerprint density at radius 3 is 2.12 bits per heavy atom. The number of nitrogens with one attached hydrogen (secondary N) is 1. The Labute approximate surface area is 96.3 Å². The van der Waals surface area contributed by atoms with Gasteiger partial charge in [-0.3, -0.25) is 4.79 Å². The summed E-state index contributed by atoms with van der Waals surface area (Å²) in [5, 5.41) is 8.78. The minimum absolute atomic E-state index is 0.137. The number of aliphatic carboxylic acids is 1. The third kappa shape index (κ3) is 2.74. The molecule has 1 aliphatic carbocycles. The molecule has 0 aromatic rings. The number of carbonyl (C=O) groups is 1. The van der Waals surface area contributed by atoms with Crippen molar-refractivity contribution in [2.75, 3.05) is 0 Å². The van der Waals surface area contributed by atoms with Gasteiger partial charge in [0, 0.05) is 5.54 Å². The van der Waals surface area contributed by atoms with Crippen LogP contribution in [0.1, 0.15) is 46.5 Å². The second-order valence-electron chi connectivity index (χ2n) is 5.42. The molecular weight excluding hydrogens is 230 g/mol. The van der Waals surface area contributed by atoms with Crippen molar-refractivity contribution in [3.8, 4) is 0 Å². The molecule has 0 bridgehead atoms. The average molecular weight is 249 g/mol. The van der Waals surface area contributed by atoms with Crippen LogP contribution in [0, 0.1) is 0 Å². The Hall–Kier alpha value is -0.620. The first-order chi connectivity index (χ1) is 7.08. The van der Waals surface area contributed by atoms with Crippen LogP contribution in [0.5, 0.6) is 0 Å². The monoisotopic (exact) mass is 249 g/mol. The Morgan fingerprint density at radius 2 is 1.88 bits per heavy atom. The van der Waals surface area contributed by atoms with Gasteiger partial charge in [0.15, 0.2) is 0 Å². The fourth-order valence-electron chi connectivity index (χ4n) is 1.65. The predicted octanol–water partition coefficient (Wildman–Crippen LogP) is 1.10. The maximum Gasteiger partial charge on any atom is 0.305 e. The first-order valence-corrected chi connectivity index (χ1v) is 6.82. The molecule has 5 nitrogen and oxygen atoms in total. The van der Waals surface area contributed by atoms with Crippen LogP contribution in [0.15, 0.2) is 0 Å². The lowest BCUT2D eigenvalue weighted by Gasteiger charge is -2.42. The van der Waals surface area contributed by atoms with Crippen molar-refractivity contribution < 1.29 is 18.3 Å². The van der Waals surface area contributed by atoms with E-state index in [-0.39, 0.29) is 6.42 Å². The molecule has 0 heterocycles. The molecular formula is C10H19NO4S. The van der Waals surface area contributed by atoms with Gasteiger partial charge in [0.25, 0.3) is 0 Å². The molecule has 16 heavy (non-hydrogen) atoms. The Morgan fingerprint density at radius 1 is 1.38 bits per heavy atom. The molecule has 0 atom stereocenters. The van der Waals surface area contributed by atoms with E-state index in [9.17, 15) is 13.2 Å². The molecule has 2 N–H and O–H groups in total. The number of carboxylic acid groups (broad SMARTS) is 1. The maximum atomic E-state index is 11.9. The topological polar surface area (TPSA) is 83.5 Å². The highest BCUT2D eigenvalue weighted by Gasteiger charge is 2.44. The van der Waals surface area contributed by atoms with E-state index in [0.29, 0.717) is 12.8 Å². The zero-order valence-corrected chi connectivity index (χ0v) is 10.7. The normalized spacial score (nSPS) is 20.2. The van der Waals surface area contributed by atoms with Crippen molar-refractivity contribution >= 4 is 16.0 Å². The molecule has 0 radical (unpaired) electrons. The quantitative estimate of drug-likeness (QED) is 0.781. The largest absolute Gasteiger partial charge is 0.481 e. The van der Waals surface area contributed by atoms with E-state index in [1.54, 1.807) is 20.8 Å². The number of hydrogen-bond donors (Lipinski definition) is 2. The zero-order chi connectivity index (χ0) is 12.6. The highest BCUT2D eigenvalue weighted by Crippen LogP contribution is 2.36. The summed E-state index contributed by atoms with van der Waals surface area (Å²) in [6.07, 6.45) is 1.95. The third-order valence-electron chi connectivity index (χ3n) is 2.96. The Kier molecular flexibility index (Phi) is 3.36. The number of hydrogen-bond acceptors (Lipinski definition) is 3. The molecule has 0 aromatic heterocycles. The van der Waals surface area contributed by atoms with Crippen LogP contribution in [0.25, 0.3) is 0 Å². The fourth-order valence-corrected chi connectivity index (χ4v) is 2.80. The zero-order valence-electron chi connectivity index (χ0n) is 9.91. The summed E-state index contributed by atoms with van der Waals surface area (Å²) in [7, 11) is -3.48. The van der Waals surface area contributed by atoms with Crippen molar-refractivity contribution in [1.29, 1.82) is 0 Å².